The Morgan fingerprint density at radius 3 is 2.90 bits per heavy atom. The lowest BCUT2D eigenvalue weighted by Crippen LogP contribution is -2.28. The summed E-state index contributed by atoms with van der Waals surface area (Å²) in [4.78, 5) is 4.43. The minimum Gasteiger partial charge on any atom is -0.439 e. The van der Waals surface area contributed by atoms with Gasteiger partial charge >= 0.3 is 0 Å². The van der Waals surface area contributed by atoms with Gasteiger partial charge in [-0.15, -0.1) is 0 Å². The lowest BCUT2D eigenvalue weighted by Gasteiger charge is -2.23. The molecule has 1 unspecified atom stereocenters. The molecule has 1 aliphatic rings. The Morgan fingerprint density at radius 1 is 1.24 bits per heavy atom. The summed E-state index contributed by atoms with van der Waals surface area (Å²) in [7, 11) is 0. The molecule has 4 rings (SSSR count). The number of oxazole rings is 1. The van der Waals surface area contributed by atoms with Gasteiger partial charge in [-0.3, -0.25) is 0 Å². The molecule has 1 atom stereocenters. The molecule has 0 radical (unpaired) electrons. The molecule has 0 saturated carbocycles. The smallest absolute Gasteiger partial charge is 0.212 e. The number of nitrogens with one attached hydrogen (secondary N) is 1. The summed E-state index contributed by atoms with van der Waals surface area (Å²) in [6, 6.07) is 11.1. The molecular formula is C16H12ClFN2O. The van der Waals surface area contributed by atoms with Gasteiger partial charge in [0.05, 0.1) is 11.1 Å². The molecule has 3 nitrogen and oxygen atoms in total. The van der Waals surface area contributed by atoms with Gasteiger partial charge in [-0.1, -0.05) is 35.9 Å². The van der Waals surface area contributed by atoms with Crippen LogP contribution in [0.5, 0.6) is 0 Å². The zero-order valence-electron chi connectivity index (χ0n) is 11.1. The van der Waals surface area contributed by atoms with Gasteiger partial charge in [0.15, 0.2) is 5.58 Å². The highest BCUT2D eigenvalue weighted by molar-refractivity contribution is 6.31. The summed E-state index contributed by atoms with van der Waals surface area (Å²) in [6.07, 6.45) is 0.805. The van der Waals surface area contributed by atoms with Crippen LogP contribution in [0.1, 0.15) is 23.1 Å². The predicted molar refractivity (Wildman–Crippen MR) is 78.7 cm³/mol. The van der Waals surface area contributed by atoms with Crippen LogP contribution in [0.2, 0.25) is 5.02 Å². The normalized spacial score (nSPS) is 17.9. The molecule has 106 valence electrons. The maximum absolute atomic E-state index is 13.5. The number of halogens is 2. The number of hydrogen-bond donors (Lipinski definition) is 1. The zero-order valence-corrected chi connectivity index (χ0v) is 11.8. The van der Waals surface area contributed by atoms with E-state index in [1.54, 1.807) is 0 Å². The van der Waals surface area contributed by atoms with Gasteiger partial charge in [0.1, 0.15) is 11.3 Å². The predicted octanol–water partition coefficient (Wildman–Crippen LogP) is 4.01. The van der Waals surface area contributed by atoms with Gasteiger partial charge in [-0.25, -0.2) is 9.37 Å². The van der Waals surface area contributed by atoms with Crippen LogP contribution in [-0.2, 0) is 13.0 Å². The van der Waals surface area contributed by atoms with Crippen LogP contribution in [0.25, 0.3) is 11.1 Å². The molecule has 0 spiro atoms. The third-order valence-corrected chi connectivity index (χ3v) is 4.12. The van der Waals surface area contributed by atoms with Crippen LogP contribution in [0.4, 0.5) is 4.39 Å². The molecular weight excluding hydrogens is 291 g/mol. The number of hydrogen-bond acceptors (Lipinski definition) is 3. The fourth-order valence-corrected chi connectivity index (χ4v) is 2.88. The summed E-state index contributed by atoms with van der Waals surface area (Å²) in [6.45, 7) is 0.773. The van der Waals surface area contributed by atoms with E-state index in [0.29, 0.717) is 17.0 Å². The van der Waals surface area contributed by atoms with Crippen molar-refractivity contribution in [2.75, 3.05) is 0 Å². The van der Waals surface area contributed by atoms with E-state index in [1.807, 2.05) is 12.1 Å². The van der Waals surface area contributed by atoms with E-state index in [0.717, 1.165) is 13.0 Å². The Morgan fingerprint density at radius 2 is 2.05 bits per heavy atom. The lowest BCUT2D eigenvalue weighted by molar-refractivity contribution is 0.395. The highest BCUT2D eigenvalue weighted by Gasteiger charge is 2.23. The average molecular weight is 303 g/mol. The Kier molecular flexibility index (Phi) is 2.94. The van der Waals surface area contributed by atoms with Crippen LogP contribution in [0.15, 0.2) is 40.8 Å². The maximum Gasteiger partial charge on any atom is 0.212 e. The van der Waals surface area contributed by atoms with E-state index >= 15 is 0 Å². The Labute approximate surface area is 125 Å². The molecule has 21 heavy (non-hydrogen) atoms. The van der Waals surface area contributed by atoms with Crippen LogP contribution in [0, 0.1) is 5.82 Å². The van der Waals surface area contributed by atoms with E-state index in [2.05, 4.69) is 22.4 Å². The van der Waals surface area contributed by atoms with E-state index in [4.69, 9.17) is 16.0 Å². The van der Waals surface area contributed by atoms with Crippen LogP contribution in [0.3, 0.4) is 0 Å². The number of benzene rings is 2. The topological polar surface area (TPSA) is 38.1 Å². The summed E-state index contributed by atoms with van der Waals surface area (Å²) < 4.78 is 19.1. The Balaban J connectivity index is 1.71. The molecule has 2 aromatic carbocycles. The van der Waals surface area contributed by atoms with Crippen molar-refractivity contribution in [3.63, 3.8) is 0 Å². The molecule has 1 aromatic heterocycles. The van der Waals surface area contributed by atoms with Crippen molar-refractivity contribution in [1.82, 2.24) is 10.3 Å². The minimum absolute atomic E-state index is 0.00543. The van der Waals surface area contributed by atoms with Crippen molar-refractivity contribution < 1.29 is 8.81 Å². The number of nitrogens with zero attached hydrogens (tertiary/aromatic N) is 1. The zero-order chi connectivity index (χ0) is 14.4. The molecule has 0 aliphatic carbocycles. The van der Waals surface area contributed by atoms with Crippen molar-refractivity contribution in [3.8, 4) is 0 Å². The molecule has 0 saturated heterocycles. The first-order chi connectivity index (χ1) is 10.2. The summed E-state index contributed by atoms with van der Waals surface area (Å²) in [5, 5.41) is 3.46. The third kappa shape index (κ3) is 2.20. The molecule has 0 fully saturated rings. The summed E-state index contributed by atoms with van der Waals surface area (Å²) in [5.41, 5.74) is 3.58. The number of rotatable bonds is 1. The van der Waals surface area contributed by atoms with Gasteiger partial charge in [-0.2, -0.15) is 0 Å². The number of aromatic nitrogens is 1. The fraction of sp³-hybridized carbons (Fsp3) is 0.188. The average Bonchev–Trinajstić information content (AvgIpc) is 2.90. The minimum atomic E-state index is -0.492. The third-order valence-electron chi connectivity index (χ3n) is 3.83. The summed E-state index contributed by atoms with van der Waals surface area (Å²) in [5.74, 6) is 0.0787. The van der Waals surface area contributed by atoms with E-state index in [9.17, 15) is 4.39 Å². The van der Waals surface area contributed by atoms with Crippen molar-refractivity contribution in [2.45, 2.75) is 19.0 Å². The first kappa shape index (κ1) is 12.8. The molecule has 5 heteroatoms. The second-order valence-corrected chi connectivity index (χ2v) is 5.60. The van der Waals surface area contributed by atoms with Gasteiger partial charge in [-0.05, 0) is 23.6 Å². The largest absolute Gasteiger partial charge is 0.439 e. The van der Waals surface area contributed by atoms with Crippen molar-refractivity contribution >= 4 is 22.7 Å². The standard InChI is InChI=1S/C16H12ClFN2O/c17-11-6-13-15(7-12(11)18)21-16(20-13)14-5-9-3-1-2-4-10(9)8-19-14/h1-4,6-7,14,19H,5,8H2. The van der Waals surface area contributed by atoms with Crippen molar-refractivity contribution in [3.05, 3.63) is 64.3 Å². The quantitative estimate of drug-likeness (QED) is 0.738. The first-order valence-corrected chi connectivity index (χ1v) is 7.14. The Hall–Kier alpha value is -1.91. The Bertz CT molecular complexity index is 791. The van der Waals surface area contributed by atoms with Crippen LogP contribution >= 0.6 is 11.6 Å². The van der Waals surface area contributed by atoms with Crippen LogP contribution in [-0.4, -0.2) is 4.98 Å². The number of fused-ring (bicyclic) bond motifs is 2. The van der Waals surface area contributed by atoms with Crippen molar-refractivity contribution in [2.24, 2.45) is 0 Å². The lowest BCUT2D eigenvalue weighted by atomic mass is 9.96. The fourth-order valence-electron chi connectivity index (χ4n) is 2.72. The second kappa shape index (κ2) is 4.83. The highest BCUT2D eigenvalue weighted by Crippen LogP contribution is 2.29. The SMILES string of the molecule is Fc1cc2oc(C3Cc4ccccc4CN3)nc2cc1Cl. The second-order valence-electron chi connectivity index (χ2n) is 5.19. The maximum atomic E-state index is 13.5. The van der Waals surface area contributed by atoms with E-state index < -0.39 is 5.82 Å². The van der Waals surface area contributed by atoms with Crippen molar-refractivity contribution in [1.29, 1.82) is 0 Å². The molecule has 1 aliphatic heterocycles. The first-order valence-electron chi connectivity index (χ1n) is 6.76. The monoisotopic (exact) mass is 302 g/mol. The highest BCUT2D eigenvalue weighted by atomic mass is 35.5. The van der Waals surface area contributed by atoms with Gasteiger partial charge in [0, 0.05) is 12.6 Å². The molecule has 2 heterocycles. The van der Waals surface area contributed by atoms with Crippen LogP contribution < -0.4 is 5.32 Å². The molecule has 3 aromatic rings. The molecule has 0 amide bonds. The van der Waals surface area contributed by atoms with E-state index in [1.165, 1.54) is 23.3 Å². The van der Waals surface area contributed by atoms with E-state index in [-0.39, 0.29) is 11.1 Å². The van der Waals surface area contributed by atoms with Gasteiger partial charge in [0.2, 0.25) is 5.89 Å². The molecule has 0 bridgehead atoms. The van der Waals surface area contributed by atoms with Gasteiger partial charge < -0.3 is 9.73 Å². The van der Waals surface area contributed by atoms with Gasteiger partial charge in [0.25, 0.3) is 0 Å². The summed E-state index contributed by atoms with van der Waals surface area (Å²) >= 11 is 5.78. The molecule has 1 N–H and O–H groups in total.